The van der Waals surface area contributed by atoms with Crippen molar-refractivity contribution in [2.75, 3.05) is 5.75 Å². The molecule has 0 radical (unpaired) electrons. The highest BCUT2D eigenvalue weighted by Crippen LogP contribution is 2.24. The number of aldehydes is 1. The maximum absolute atomic E-state index is 10.6. The van der Waals surface area contributed by atoms with Gasteiger partial charge in [0.15, 0.2) is 0 Å². The van der Waals surface area contributed by atoms with Crippen molar-refractivity contribution in [1.29, 1.82) is 5.26 Å². The van der Waals surface area contributed by atoms with Gasteiger partial charge in [-0.05, 0) is 44.6 Å². The molecule has 0 aromatic heterocycles. The fourth-order valence-corrected chi connectivity index (χ4v) is 2.57. The van der Waals surface area contributed by atoms with Gasteiger partial charge in [0.1, 0.15) is 6.29 Å². The molecule has 0 unspecified atom stereocenters. The van der Waals surface area contributed by atoms with Crippen molar-refractivity contribution in [3.05, 3.63) is 29.8 Å². The number of carbonyl (C=O) groups is 1. The van der Waals surface area contributed by atoms with Gasteiger partial charge in [0, 0.05) is 10.5 Å². The maximum atomic E-state index is 10.6. The molecule has 18 heavy (non-hydrogen) atoms. The van der Waals surface area contributed by atoms with E-state index < -0.39 is 0 Å². The van der Waals surface area contributed by atoms with Crippen LogP contribution in [0.1, 0.15) is 43.5 Å². The monoisotopic (exact) mass is 261 g/mol. The van der Waals surface area contributed by atoms with E-state index in [2.05, 4.69) is 6.07 Å². The van der Waals surface area contributed by atoms with E-state index >= 15 is 0 Å². The van der Waals surface area contributed by atoms with Gasteiger partial charge in [-0.2, -0.15) is 5.26 Å². The quantitative estimate of drug-likeness (QED) is 0.417. The molecule has 1 rings (SSSR count). The van der Waals surface area contributed by atoms with Gasteiger partial charge >= 0.3 is 0 Å². The Labute approximate surface area is 113 Å². The molecule has 3 heteroatoms. The van der Waals surface area contributed by atoms with Crippen molar-refractivity contribution < 1.29 is 4.79 Å². The average Bonchev–Trinajstić information content (AvgIpc) is 2.38. The maximum Gasteiger partial charge on any atom is 0.150 e. The smallest absolute Gasteiger partial charge is 0.150 e. The van der Waals surface area contributed by atoms with Crippen LogP contribution < -0.4 is 0 Å². The number of unbranched alkanes of at least 4 members (excludes halogenated alkanes) is 1. The molecule has 96 valence electrons. The predicted octanol–water partition coefficient (Wildman–Crippen LogP) is 4.31. The summed E-state index contributed by atoms with van der Waals surface area (Å²) < 4.78 is 0. The molecule has 0 atom stereocenters. The normalized spacial score (nSPS) is 10.9. The SMILES string of the molecule is CC(C)(C#N)CCCCSc1cccc(C=O)c1. The molecule has 0 spiro atoms. The Morgan fingerprint density at radius 3 is 2.83 bits per heavy atom. The first-order valence-corrected chi connectivity index (χ1v) is 7.15. The van der Waals surface area contributed by atoms with Gasteiger partial charge in [-0.3, -0.25) is 4.79 Å². The number of nitriles is 1. The summed E-state index contributed by atoms with van der Waals surface area (Å²) in [7, 11) is 0. The summed E-state index contributed by atoms with van der Waals surface area (Å²) in [6.07, 6.45) is 3.99. The third kappa shape index (κ3) is 5.37. The first-order valence-electron chi connectivity index (χ1n) is 6.17. The molecule has 0 saturated heterocycles. The Bertz CT molecular complexity index is 434. The zero-order valence-electron chi connectivity index (χ0n) is 11.0. The minimum atomic E-state index is -0.206. The molecule has 0 amide bonds. The molecule has 2 nitrogen and oxygen atoms in total. The second kappa shape index (κ2) is 7.23. The third-order valence-corrected chi connectivity index (χ3v) is 3.84. The molecule has 1 aromatic carbocycles. The fourth-order valence-electron chi connectivity index (χ4n) is 1.59. The number of hydrogen-bond acceptors (Lipinski definition) is 3. The lowest BCUT2D eigenvalue weighted by molar-refractivity contribution is 0.112. The van der Waals surface area contributed by atoms with Crippen molar-refractivity contribution in [2.24, 2.45) is 5.41 Å². The average molecular weight is 261 g/mol. The van der Waals surface area contributed by atoms with E-state index in [0.29, 0.717) is 0 Å². The number of nitrogens with zero attached hydrogens (tertiary/aromatic N) is 1. The van der Waals surface area contributed by atoms with Gasteiger partial charge in [0.2, 0.25) is 0 Å². The van der Waals surface area contributed by atoms with E-state index in [4.69, 9.17) is 5.26 Å². The zero-order valence-corrected chi connectivity index (χ0v) is 11.8. The molecular formula is C15H19NOS. The molecule has 0 N–H and O–H groups in total. The van der Waals surface area contributed by atoms with E-state index in [-0.39, 0.29) is 5.41 Å². The molecule has 0 aliphatic carbocycles. The Balaban J connectivity index is 2.26. The summed E-state index contributed by atoms with van der Waals surface area (Å²) >= 11 is 1.77. The largest absolute Gasteiger partial charge is 0.298 e. The second-order valence-electron chi connectivity index (χ2n) is 4.99. The Morgan fingerprint density at radius 2 is 2.17 bits per heavy atom. The summed E-state index contributed by atoms with van der Waals surface area (Å²) in [4.78, 5) is 11.8. The van der Waals surface area contributed by atoms with Crippen LogP contribution >= 0.6 is 11.8 Å². The summed E-state index contributed by atoms with van der Waals surface area (Å²) in [6, 6.07) is 9.98. The van der Waals surface area contributed by atoms with E-state index in [1.54, 1.807) is 11.8 Å². The van der Waals surface area contributed by atoms with Crippen LogP contribution in [-0.4, -0.2) is 12.0 Å². The van der Waals surface area contributed by atoms with Gasteiger partial charge < -0.3 is 0 Å². The highest BCUT2D eigenvalue weighted by atomic mass is 32.2. The van der Waals surface area contributed by atoms with Crippen molar-refractivity contribution >= 4 is 18.0 Å². The van der Waals surface area contributed by atoms with Crippen LogP contribution in [-0.2, 0) is 0 Å². The number of benzene rings is 1. The summed E-state index contributed by atoms with van der Waals surface area (Å²) in [5.41, 5.74) is 0.521. The molecule has 0 aliphatic rings. The van der Waals surface area contributed by atoms with Crippen molar-refractivity contribution in [1.82, 2.24) is 0 Å². The zero-order chi connectivity index (χ0) is 13.4. The van der Waals surface area contributed by atoms with Crippen LogP contribution in [0.2, 0.25) is 0 Å². The lowest BCUT2D eigenvalue weighted by Gasteiger charge is -2.13. The number of rotatable bonds is 7. The third-order valence-electron chi connectivity index (χ3n) is 2.76. The van der Waals surface area contributed by atoms with E-state index in [1.807, 2.05) is 38.1 Å². The van der Waals surface area contributed by atoms with Crippen LogP contribution in [0.4, 0.5) is 0 Å². The standard InChI is InChI=1S/C15H19NOS/c1-15(2,12-16)8-3-4-9-18-14-7-5-6-13(10-14)11-17/h5-7,10-11H,3-4,8-9H2,1-2H3. The summed E-state index contributed by atoms with van der Waals surface area (Å²) in [6.45, 7) is 3.96. The van der Waals surface area contributed by atoms with Crippen molar-refractivity contribution in [3.63, 3.8) is 0 Å². The predicted molar refractivity (Wildman–Crippen MR) is 75.8 cm³/mol. The lowest BCUT2D eigenvalue weighted by Crippen LogP contribution is -2.07. The Kier molecular flexibility index (Phi) is 5.94. The lowest BCUT2D eigenvalue weighted by atomic mass is 9.89. The Morgan fingerprint density at radius 1 is 1.39 bits per heavy atom. The second-order valence-corrected chi connectivity index (χ2v) is 6.16. The van der Waals surface area contributed by atoms with Crippen molar-refractivity contribution in [2.45, 2.75) is 38.0 Å². The topological polar surface area (TPSA) is 40.9 Å². The van der Waals surface area contributed by atoms with Crippen LogP contribution in [0.15, 0.2) is 29.2 Å². The molecule has 0 fully saturated rings. The minimum Gasteiger partial charge on any atom is -0.298 e. The molecule has 0 heterocycles. The van der Waals surface area contributed by atoms with Gasteiger partial charge in [0.05, 0.1) is 11.5 Å². The van der Waals surface area contributed by atoms with Crippen LogP contribution in [0.5, 0.6) is 0 Å². The highest BCUT2D eigenvalue weighted by molar-refractivity contribution is 7.99. The molecule has 0 aliphatic heterocycles. The number of carbonyl (C=O) groups excluding carboxylic acids is 1. The molecule has 0 saturated carbocycles. The van der Waals surface area contributed by atoms with Crippen LogP contribution in [0.25, 0.3) is 0 Å². The first-order chi connectivity index (χ1) is 8.57. The van der Waals surface area contributed by atoms with Gasteiger partial charge in [-0.25, -0.2) is 0 Å². The highest BCUT2D eigenvalue weighted by Gasteiger charge is 2.15. The van der Waals surface area contributed by atoms with Crippen LogP contribution in [0.3, 0.4) is 0 Å². The fraction of sp³-hybridized carbons (Fsp3) is 0.467. The van der Waals surface area contributed by atoms with Crippen LogP contribution in [0, 0.1) is 16.7 Å². The van der Waals surface area contributed by atoms with Gasteiger partial charge in [-0.1, -0.05) is 18.6 Å². The van der Waals surface area contributed by atoms with E-state index in [1.165, 1.54) is 0 Å². The number of hydrogen-bond donors (Lipinski definition) is 0. The molecule has 0 bridgehead atoms. The van der Waals surface area contributed by atoms with E-state index in [9.17, 15) is 4.79 Å². The summed E-state index contributed by atoms with van der Waals surface area (Å²) in [5.74, 6) is 1.03. The summed E-state index contributed by atoms with van der Waals surface area (Å²) in [5, 5.41) is 8.90. The molecular weight excluding hydrogens is 242 g/mol. The first kappa shape index (κ1) is 14.8. The van der Waals surface area contributed by atoms with Gasteiger partial charge in [-0.15, -0.1) is 11.8 Å². The minimum absolute atomic E-state index is 0.206. The van der Waals surface area contributed by atoms with E-state index in [0.717, 1.165) is 41.8 Å². The van der Waals surface area contributed by atoms with Crippen molar-refractivity contribution in [3.8, 4) is 6.07 Å². The Hall–Kier alpha value is -1.27. The molecule has 1 aromatic rings. The van der Waals surface area contributed by atoms with Gasteiger partial charge in [0.25, 0.3) is 0 Å². The number of thioether (sulfide) groups is 1.